The van der Waals surface area contributed by atoms with Crippen LogP contribution in [0.3, 0.4) is 0 Å². The number of aromatic nitrogens is 5. The van der Waals surface area contributed by atoms with Gasteiger partial charge in [-0.1, -0.05) is 53.9 Å². The number of aryl methyl sites for hydroxylation is 1. The molecule has 198 valence electrons. The molecule has 0 aliphatic rings. The molecule has 0 spiro atoms. The maximum atomic E-state index is 12.7. The second-order valence-electron chi connectivity index (χ2n) is 8.01. The van der Waals surface area contributed by atoms with Gasteiger partial charge in [-0.2, -0.15) is 0 Å². The highest BCUT2D eigenvalue weighted by molar-refractivity contribution is 8.01. The average Bonchev–Trinajstić information content (AvgIpc) is 3.54. The average molecular weight is 570 g/mol. The van der Waals surface area contributed by atoms with Gasteiger partial charge < -0.3 is 10.1 Å². The number of hydrogen-bond donors (Lipinski definition) is 2. The van der Waals surface area contributed by atoms with Crippen LogP contribution < -0.4 is 15.4 Å². The Bertz CT molecular complexity index is 1420. The van der Waals surface area contributed by atoms with Gasteiger partial charge >= 0.3 is 0 Å². The quantitative estimate of drug-likeness (QED) is 0.198. The predicted molar refractivity (Wildman–Crippen MR) is 151 cm³/mol. The number of benzene rings is 2. The molecule has 0 saturated heterocycles. The zero-order chi connectivity index (χ0) is 27.1. The number of carbonyl (C=O) groups is 2. The lowest BCUT2D eigenvalue weighted by Crippen LogP contribution is -2.24. The number of rotatable bonds is 11. The van der Waals surface area contributed by atoms with Crippen molar-refractivity contribution in [3.05, 3.63) is 65.0 Å². The van der Waals surface area contributed by atoms with E-state index in [2.05, 4.69) is 31.0 Å². The molecule has 13 heteroatoms. The fourth-order valence-corrected chi connectivity index (χ4v) is 5.89. The van der Waals surface area contributed by atoms with Crippen LogP contribution in [0.25, 0.3) is 5.69 Å². The van der Waals surface area contributed by atoms with Gasteiger partial charge in [0.1, 0.15) is 5.75 Å². The minimum atomic E-state index is -0.241. The van der Waals surface area contributed by atoms with Gasteiger partial charge in [0.15, 0.2) is 15.3 Å². The number of carbonyl (C=O) groups excluding carboxylic acids is 2. The molecule has 0 bridgehead atoms. The molecule has 2 heterocycles. The van der Waals surface area contributed by atoms with E-state index < -0.39 is 0 Å². The highest BCUT2D eigenvalue weighted by Crippen LogP contribution is 2.27. The van der Waals surface area contributed by atoms with E-state index in [1.54, 1.807) is 43.1 Å². The van der Waals surface area contributed by atoms with Crippen LogP contribution in [0.2, 0.25) is 0 Å². The van der Waals surface area contributed by atoms with Crippen LogP contribution >= 0.6 is 34.9 Å². The number of methoxy groups -OCH3 is 1. The fraction of sp³-hybridized carbons (Fsp3) is 0.280. The summed E-state index contributed by atoms with van der Waals surface area (Å²) in [5, 5.41) is 23.5. The molecule has 0 radical (unpaired) electrons. The number of thioether (sulfide) groups is 2. The molecule has 10 nitrogen and oxygen atoms in total. The molecule has 4 aromatic rings. The molecule has 2 aromatic carbocycles. The standard InChI is InChI=1S/C25H27N7O3S3/c1-5-36-25-31-29-23(38-25)27-21(33)14-37-24-30-28-20(32(24)19-8-6-7-15(2)16(19)3)13-26-22(34)17-9-11-18(35-4)12-10-17/h6-12H,5,13-14H2,1-4H3,(H,26,34)(H,27,29,33). The molecule has 2 amide bonds. The molecule has 4 rings (SSSR count). The molecule has 0 aliphatic carbocycles. The van der Waals surface area contributed by atoms with E-state index in [4.69, 9.17) is 4.74 Å². The zero-order valence-electron chi connectivity index (χ0n) is 21.3. The summed E-state index contributed by atoms with van der Waals surface area (Å²) in [5.74, 6) is 1.76. The van der Waals surface area contributed by atoms with Crippen LogP contribution in [-0.2, 0) is 11.3 Å². The minimum absolute atomic E-state index is 0.108. The third-order valence-corrected chi connectivity index (χ3v) is 8.31. The van der Waals surface area contributed by atoms with Crippen LogP contribution in [0, 0.1) is 13.8 Å². The summed E-state index contributed by atoms with van der Waals surface area (Å²) in [6, 6.07) is 12.8. The van der Waals surface area contributed by atoms with Gasteiger partial charge in [0.05, 0.1) is 25.1 Å². The zero-order valence-corrected chi connectivity index (χ0v) is 23.8. The SMILES string of the molecule is CCSc1nnc(NC(=O)CSc2nnc(CNC(=O)c3ccc(OC)cc3)n2-c2cccc(C)c2C)s1. The van der Waals surface area contributed by atoms with Crippen LogP contribution in [0.15, 0.2) is 52.0 Å². The van der Waals surface area contributed by atoms with Gasteiger partial charge in [0, 0.05) is 5.56 Å². The molecule has 0 aliphatic heterocycles. The third kappa shape index (κ3) is 6.71. The van der Waals surface area contributed by atoms with E-state index in [1.807, 2.05) is 43.5 Å². The molecule has 2 aromatic heterocycles. The van der Waals surface area contributed by atoms with Crippen molar-refractivity contribution >= 4 is 51.8 Å². The van der Waals surface area contributed by atoms with Crippen LogP contribution in [0.4, 0.5) is 5.13 Å². The van der Waals surface area contributed by atoms with Gasteiger partial charge in [0.2, 0.25) is 11.0 Å². The Balaban J connectivity index is 1.50. The fourth-order valence-electron chi connectivity index (χ4n) is 3.46. The van der Waals surface area contributed by atoms with E-state index in [-0.39, 0.29) is 24.1 Å². The monoisotopic (exact) mass is 569 g/mol. The lowest BCUT2D eigenvalue weighted by atomic mass is 10.1. The van der Waals surface area contributed by atoms with Crippen LogP contribution in [0.1, 0.15) is 34.2 Å². The summed E-state index contributed by atoms with van der Waals surface area (Å²) in [4.78, 5) is 25.4. The highest BCUT2D eigenvalue weighted by atomic mass is 32.2. The Morgan fingerprint density at radius 1 is 1.03 bits per heavy atom. The van der Waals surface area contributed by atoms with E-state index in [9.17, 15) is 9.59 Å². The molecule has 38 heavy (non-hydrogen) atoms. The second kappa shape index (κ2) is 12.9. The summed E-state index contributed by atoms with van der Waals surface area (Å²) in [6.45, 7) is 6.24. The number of nitrogens with zero attached hydrogens (tertiary/aromatic N) is 5. The Kier molecular flexibility index (Phi) is 9.37. The molecule has 0 fully saturated rings. The van der Waals surface area contributed by atoms with Gasteiger partial charge in [-0.25, -0.2) is 0 Å². The Labute approximate surface area is 233 Å². The van der Waals surface area contributed by atoms with E-state index in [0.29, 0.717) is 27.4 Å². The molecule has 0 unspecified atom stereocenters. The molecule has 0 atom stereocenters. The normalized spacial score (nSPS) is 10.8. The lowest BCUT2D eigenvalue weighted by molar-refractivity contribution is -0.113. The van der Waals surface area contributed by atoms with Crippen molar-refractivity contribution in [3.8, 4) is 11.4 Å². The molecule has 2 N–H and O–H groups in total. The van der Waals surface area contributed by atoms with E-state index >= 15 is 0 Å². The third-order valence-electron chi connectivity index (χ3n) is 5.53. The van der Waals surface area contributed by atoms with Crippen molar-refractivity contribution in [2.45, 2.75) is 36.8 Å². The summed E-state index contributed by atoms with van der Waals surface area (Å²) < 4.78 is 7.86. The number of nitrogens with one attached hydrogen (secondary N) is 2. The van der Waals surface area contributed by atoms with Gasteiger partial charge in [0.25, 0.3) is 5.91 Å². The topological polar surface area (TPSA) is 124 Å². The van der Waals surface area contributed by atoms with Crippen molar-refractivity contribution in [3.63, 3.8) is 0 Å². The van der Waals surface area contributed by atoms with Crippen molar-refractivity contribution in [1.82, 2.24) is 30.3 Å². The van der Waals surface area contributed by atoms with Gasteiger partial charge in [-0.05, 0) is 61.1 Å². The summed E-state index contributed by atoms with van der Waals surface area (Å²) in [7, 11) is 1.58. The molecular weight excluding hydrogens is 543 g/mol. The van der Waals surface area contributed by atoms with Crippen LogP contribution in [0.5, 0.6) is 5.75 Å². The van der Waals surface area contributed by atoms with E-state index in [1.165, 1.54) is 23.1 Å². The maximum absolute atomic E-state index is 12.7. The largest absolute Gasteiger partial charge is 0.497 e. The smallest absolute Gasteiger partial charge is 0.251 e. The van der Waals surface area contributed by atoms with Crippen molar-refractivity contribution < 1.29 is 14.3 Å². The first-order valence-electron chi connectivity index (χ1n) is 11.7. The first kappa shape index (κ1) is 27.6. The Morgan fingerprint density at radius 3 is 2.55 bits per heavy atom. The van der Waals surface area contributed by atoms with Crippen LogP contribution in [-0.4, -0.2) is 55.4 Å². The van der Waals surface area contributed by atoms with Crippen molar-refractivity contribution in [1.29, 1.82) is 0 Å². The number of amides is 2. The number of hydrogen-bond acceptors (Lipinski definition) is 10. The summed E-state index contributed by atoms with van der Waals surface area (Å²) in [5.41, 5.74) is 3.55. The summed E-state index contributed by atoms with van der Waals surface area (Å²) in [6.07, 6.45) is 0. The van der Waals surface area contributed by atoms with Gasteiger partial charge in [-0.3, -0.25) is 19.5 Å². The maximum Gasteiger partial charge on any atom is 0.251 e. The predicted octanol–water partition coefficient (Wildman–Crippen LogP) is 4.52. The van der Waals surface area contributed by atoms with E-state index in [0.717, 1.165) is 26.9 Å². The molecule has 0 saturated carbocycles. The Morgan fingerprint density at radius 2 is 1.82 bits per heavy atom. The van der Waals surface area contributed by atoms with Crippen molar-refractivity contribution in [2.24, 2.45) is 0 Å². The summed E-state index contributed by atoms with van der Waals surface area (Å²) >= 11 is 4.18. The minimum Gasteiger partial charge on any atom is -0.497 e. The first-order valence-corrected chi connectivity index (χ1v) is 14.5. The number of ether oxygens (including phenoxy) is 1. The first-order chi connectivity index (χ1) is 18.4. The lowest BCUT2D eigenvalue weighted by Gasteiger charge is -2.14. The Hall–Kier alpha value is -3.42. The second-order valence-corrected chi connectivity index (χ2v) is 11.4. The van der Waals surface area contributed by atoms with Gasteiger partial charge in [-0.15, -0.1) is 20.4 Å². The molecular formula is C25H27N7O3S3. The number of anilines is 1. The van der Waals surface area contributed by atoms with Crippen molar-refractivity contribution in [2.75, 3.05) is 23.9 Å². The highest BCUT2D eigenvalue weighted by Gasteiger charge is 2.19.